The second-order valence-electron chi connectivity index (χ2n) is 7.81. The molecule has 1 N–H and O–H groups in total. The molecule has 1 aliphatic rings. The molecule has 0 atom stereocenters. The van der Waals surface area contributed by atoms with Crippen molar-refractivity contribution < 1.29 is 4.39 Å². The number of nitrogens with one attached hydrogen (secondary N) is 1. The topological polar surface area (TPSA) is 45.5 Å². The number of benzene rings is 1. The van der Waals surface area contributed by atoms with Gasteiger partial charge in [-0.1, -0.05) is 6.92 Å². The van der Waals surface area contributed by atoms with Crippen molar-refractivity contribution in [2.24, 2.45) is 0 Å². The van der Waals surface area contributed by atoms with Gasteiger partial charge in [-0.25, -0.2) is 14.4 Å². The van der Waals surface area contributed by atoms with Crippen LogP contribution in [0.2, 0.25) is 0 Å². The number of nitrogens with zero attached hydrogens (tertiary/aromatic N) is 4. The number of aromatic nitrogens is 3. The third kappa shape index (κ3) is 3.88. The molecule has 0 bridgehead atoms. The van der Waals surface area contributed by atoms with Crippen molar-refractivity contribution in [3.63, 3.8) is 0 Å². The standard InChI is InChI=1S/C23H26FN5S2/c1-3-18-21(29-13-20(31-23(29)26-18)16-9-11-25-12-10-16)28(4-2)22-27-19(14-30-22)15-5-7-17(24)8-6-15/h5-8,13-14,16,25H,3-4,9-12H2,1-2H3. The predicted octanol–water partition coefficient (Wildman–Crippen LogP) is 5.85. The minimum Gasteiger partial charge on any atom is -0.317 e. The van der Waals surface area contributed by atoms with Gasteiger partial charge in [-0.15, -0.1) is 22.7 Å². The van der Waals surface area contributed by atoms with Crippen LogP contribution in [0.25, 0.3) is 16.2 Å². The van der Waals surface area contributed by atoms with Gasteiger partial charge < -0.3 is 10.2 Å². The van der Waals surface area contributed by atoms with Gasteiger partial charge in [-0.2, -0.15) is 0 Å². The summed E-state index contributed by atoms with van der Waals surface area (Å²) >= 11 is 3.44. The molecule has 1 fully saturated rings. The number of thiazole rings is 2. The highest BCUT2D eigenvalue weighted by Gasteiger charge is 2.25. The Morgan fingerprint density at radius 1 is 1.16 bits per heavy atom. The lowest BCUT2D eigenvalue weighted by Gasteiger charge is -2.22. The van der Waals surface area contributed by atoms with Crippen molar-refractivity contribution in [2.45, 2.75) is 39.0 Å². The molecule has 5 nitrogen and oxygen atoms in total. The molecule has 31 heavy (non-hydrogen) atoms. The molecule has 0 unspecified atom stereocenters. The minimum absolute atomic E-state index is 0.231. The molecule has 162 valence electrons. The minimum atomic E-state index is -0.231. The molecule has 4 heterocycles. The zero-order chi connectivity index (χ0) is 21.4. The van der Waals surface area contributed by atoms with Crippen molar-refractivity contribution >= 4 is 38.6 Å². The Hall–Kier alpha value is -2.29. The summed E-state index contributed by atoms with van der Waals surface area (Å²) in [6.07, 6.45) is 5.54. The molecule has 1 aliphatic heterocycles. The monoisotopic (exact) mass is 455 g/mol. The van der Waals surface area contributed by atoms with Crippen LogP contribution in [-0.2, 0) is 6.42 Å². The van der Waals surface area contributed by atoms with Gasteiger partial charge in [-0.3, -0.25) is 4.40 Å². The fourth-order valence-electron chi connectivity index (χ4n) is 4.23. The highest BCUT2D eigenvalue weighted by molar-refractivity contribution is 7.17. The first-order valence-electron chi connectivity index (χ1n) is 10.9. The lowest BCUT2D eigenvalue weighted by atomic mass is 9.97. The SMILES string of the molecule is CCc1nc2sc(C3CCNCC3)cn2c1N(CC)c1nc(-c2ccc(F)cc2)cs1. The van der Waals surface area contributed by atoms with Gasteiger partial charge in [0.05, 0.1) is 11.4 Å². The van der Waals surface area contributed by atoms with Crippen LogP contribution in [0.15, 0.2) is 35.8 Å². The van der Waals surface area contributed by atoms with Gasteiger partial charge in [0.15, 0.2) is 10.1 Å². The fourth-order valence-corrected chi connectivity index (χ4v) is 6.30. The molecule has 0 amide bonds. The van der Waals surface area contributed by atoms with Gasteiger partial charge in [0.1, 0.15) is 11.6 Å². The van der Waals surface area contributed by atoms with Crippen molar-refractivity contribution in [3.8, 4) is 11.3 Å². The molecular formula is C23H26FN5S2. The Morgan fingerprint density at radius 2 is 1.94 bits per heavy atom. The van der Waals surface area contributed by atoms with E-state index in [1.807, 2.05) is 16.7 Å². The second kappa shape index (κ2) is 8.68. The summed E-state index contributed by atoms with van der Waals surface area (Å²) in [6, 6.07) is 6.52. The van der Waals surface area contributed by atoms with Gasteiger partial charge in [0.25, 0.3) is 0 Å². The number of anilines is 2. The summed E-state index contributed by atoms with van der Waals surface area (Å²) in [4.78, 5) is 14.6. The van der Waals surface area contributed by atoms with Crippen LogP contribution in [0.3, 0.4) is 0 Å². The van der Waals surface area contributed by atoms with Crippen molar-refractivity contribution in [3.05, 3.63) is 52.2 Å². The zero-order valence-corrected chi connectivity index (χ0v) is 19.4. The van der Waals surface area contributed by atoms with E-state index in [4.69, 9.17) is 9.97 Å². The van der Waals surface area contributed by atoms with Crippen LogP contribution in [0.4, 0.5) is 15.3 Å². The van der Waals surface area contributed by atoms with E-state index in [0.29, 0.717) is 5.92 Å². The van der Waals surface area contributed by atoms with Crippen LogP contribution in [-0.4, -0.2) is 34.0 Å². The Labute approximate surface area is 189 Å². The first-order valence-corrected chi connectivity index (χ1v) is 12.6. The third-order valence-corrected chi connectivity index (χ3v) is 7.91. The van der Waals surface area contributed by atoms with Crippen molar-refractivity contribution in [1.29, 1.82) is 0 Å². The molecule has 5 rings (SSSR count). The summed E-state index contributed by atoms with van der Waals surface area (Å²) in [7, 11) is 0. The summed E-state index contributed by atoms with van der Waals surface area (Å²) in [5, 5.41) is 6.44. The molecule has 3 aromatic heterocycles. The second-order valence-corrected chi connectivity index (χ2v) is 9.69. The number of rotatable bonds is 6. The number of hydrogen-bond acceptors (Lipinski definition) is 6. The molecular weight excluding hydrogens is 429 g/mol. The Morgan fingerprint density at radius 3 is 2.65 bits per heavy atom. The van der Waals surface area contributed by atoms with Gasteiger partial charge in [0, 0.05) is 28.6 Å². The zero-order valence-electron chi connectivity index (χ0n) is 17.8. The van der Waals surface area contributed by atoms with E-state index in [0.717, 1.165) is 58.9 Å². The average molecular weight is 456 g/mol. The highest BCUT2D eigenvalue weighted by atomic mass is 32.1. The molecule has 0 radical (unpaired) electrons. The maximum Gasteiger partial charge on any atom is 0.195 e. The van der Waals surface area contributed by atoms with E-state index in [1.165, 1.54) is 29.9 Å². The van der Waals surface area contributed by atoms with Crippen LogP contribution >= 0.6 is 22.7 Å². The molecule has 1 saturated heterocycles. The molecule has 0 saturated carbocycles. The normalized spacial score (nSPS) is 15.1. The van der Waals surface area contributed by atoms with Gasteiger partial charge >= 0.3 is 0 Å². The first-order chi connectivity index (χ1) is 15.2. The van der Waals surface area contributed by atoms with Crippen LogP contribution < -0.4 is 10.2 Å². The van der Waals surface area contributed by atoms with Crippen LogP contribution in [0.5, 0.6) is 0 Å². The maximum atomic E-state index is 13.3. The first kappa shape index (κ1) is 20.6. The number of hydrogen-bond donors (Lipinski definition) is 1. The summed E-state index contributed by atoms with van der Waals surface area (Å²) in [5.74, 6) is 1.51. The fraction of sp³-hybridized carbons (Fsp3) is 0.391. The molecule has 4 aromatic rings. The average Bonchev–Trinajstić information content (AvgIpc) is 3.51. The van der Waals surface area contributed by atoms with Gasteiger partial charge in [0.2, 0.25) is 0 Å². The quantitative estimate of drug-likeness (QED) is 0.396. The van der Waals surface area contributed by atoms with E-state index in [1.54, 1.807) is 23.5 Å². The number of halogens is 1. The maximum absolute atomic E-state index is 13.3. The van der Waals surface area contributed by atoms with E-state index in [-0.39, 0.29) is 5.82 Å². The summed E-state index contributed by atoms with van der Waals surface area (Å²) < 4.78 is 15.6. The predicted molar refractivity (Wildman–Crippen MR) is 127 cm³/mol. The third-order valence-electron chi connectivity index (χ3n) is 5.90. The van der Waals surface area contributed by atoms with Crippen molar-refractivity contribution in [1.82, 2.24) is 19.7 Å². The molecule has 1 aromatic carbocycles. The number of piperidine rings is 1. The number of aryl methyl sites for hydroxylation is 1. The lowest BCUT2D eigenvalue weighted by Crippen LogP contribution is -2.26. The van der Waals surface area contributed by atoms with E-state index in [2.05, 4.69) is 34.7 Å². The number of imidazole rings is 1. The Bertz CT molecular complexity index is 1170. The largest absolute Gasteiger partial charge is 0.317 e. The Kier molecular flexibility index (Phi) is 5.77. The molecule has 8 heteroatoms. The molecule has 0 aliphatic carbocycles. The van der Waals surface area contributed by atoms with E-state index < -0.39 is 0 Å². The summed E-state index contributed by atoms with van der Waals surface area (Å²) in [5.41, 5.74) is 2.90. The summed E-state index contributed by atoms with van der Waals surface area (Å²) in [6.45, 7) is 7.28. The van der Waals surface area contributed by atoms with E-state index >= 15 is 0 Å². The van der Waals surface area contributed by atoms with Crippen LogP contribution in [0, 0.1) is 5.82 Å². The lowest BCUT2D eigenvalue weighted by molar-refractivity contribution is 0.464. The van der Waals surface area contributed by atoms with E-state index in [9.17, 15) is 4.39 Å². The molecule has 0 spiro atoms. The number of fused-ring (bicyclic) bond motifs is 1. The Balaban J connectivity index is 1.53. The van der Waals surface area contributed by atoms with Gasteiger partial charge in [-0.05, 0) is 69.5 Å². The van der Waals surface area contributed by atoms with Crippen molar-refractivity contribution in [2.75, 3.05) is 24.5 Å². The highest BCUT2D eigenvalue weighted by Crippen LogP contribution is 2.38. The van der Waals surface area contributed by atoms with Crippen LogP contribution in [0.1, 0.15) is 43.2 Å². The smallest absolute Gasteiger partial charge is 0.195 e.